The molecule has 4 aromatic rings. The van der Waals surface area contributed by atoms with Gasteiger partial charge in [0.25, 0.3) is 11.5 Å². The van der Waals surface area contributed by atoms with Crippen LogP contribution in [0.15, 0.2) is 71.8 Å². The number of hydrogen-bond donors (Lipinski definition) is 1. The van der Waals surface area contributed by atoms with Gasteiger partial charge < -0.3 is 14.8 Å². The number of ether oxygens (including phenoxy) is 2. The number of carbonyl (C=O) groups excluding carboxylic acids is 1. The molecular formula is C28H29N5O4. The zero-order valence-electron chi connectivity index (χ0n) is 20.9. The molecular weight excluding hydrogens is 470 g/mol. The number of fused-ring (bicyclic) bond motifs is 1. The quantitative estimate of drug-likeness (QED) is 0.406. The van der Waals surface area contributed by atoms with Crippen LogP contribution >= 0.6 is 0 Å². The molecule has 1 unspecified atom stereocenters. The number of aromatic nitrogens is 3. The minimum Gasteiger partial charge on any atom is -0.493 e. The minimum absolute atomic E-state index is 0.0200. The van der Waals surface area contributed by atoms with Gasteiger partial charge in [-0.2, -0.15) is 0 Å². The highest BCUT2D eigenvalue weighted by Gasteiger charge is 2.26. The van der Waals surface area contributed by atoms with Gasteiger partial charge in [0.2, 0.25) is 0 Å². The molecule has 1 aliphatic heterocycles. The summed E-state index contributed by atoms with van der Waals surface area (Å²) in [6.45, 7) is 1.23. The summed E-state index contributed by atoms with van der Waals surface area (Å²) in [5, 5.41) is 2.72. The first-order valence-electron chi connectivity index (χ1n) is 12.3. The van der Waals surface area contributed by atoms with E-state index in [1.165, 1.54) is 14.2 Å². The summed E-state index contributed by atoms with van der Waals surface area (Å²) in [6, 6.07) is 16.5. The van der Waals surface area contributed by atoms with Gasteiger partial charge in [0, 0.05) is 30.5 Å². The van der Waals surface area contributed by atoms with Crippen LogP contribution in [-0.4, -0.2) is 46.1 Å². The maximum Gasteiger partial charge on any atom is 0.295 e. The Morgan fingerprint density at radius 3 is 2.68 bits per heavy atom. The number of benzene rings is 2. The molecule has 1 atom stereocenters. The Kier molecular flexibility index (Phi) is 7.14. The van der Waals surface area contributed by atoms with Crippen molar-refractivity contribution in [2.24, 2.45) is 0 Å². The lowest BCUT2D eigenvalue weighted by Gasteiger charge is -2.36. The first kappa shape index (κ1) is 24.5. The molecule has 0 bridgehead atoms. The van der Waals surface area contributed by atoms with Gasteiger partial charge in [-0.15, -0.1) is 0 Å². The molecule has 37 heavy (non-hydrogen) atoms. The maximum atomic E-state index is 13.7. The largest absolute Gasteiger partial charge is 0.493 e. The predicted molar refractivity (Wildman–Crippen MR) is 141 cm³/mol. The molecule has 2 aromatic carbocycles. The van der Waals surface area contributed by atoms with E-state index in [0.717, 1.165) is 31.4 Å². The molecule has 0 aliphatic carbocycles. The molecule has 1 amide bonds. The maximum absolute atomic E-state index is 13.7. The van der Waals surface area contributed by atoms with Gasteiger partial charge >= 0.3 is 0 Å². The average Bonchev–Trinajstić information content (AvgIpc) is 2.95. The van der Waals surface area contributed by atoms with E-state index >= 15 is 0 Å². The highest BCUT2D eigenvalue weighted by molar-refractivity contribution is 6.04. The fourth-order valence-electron chi connectivity index (χ4n) is 4.86. The van der Waals surface area contributed by atoms with Crippen LogP contribution in [-0.2, 0) is 6.67 Å². The molecule has 1 fully saturated rings. The number of piperidine rings is 1. The number of nitrogens with zero attached hydrogens (tertiary/aromatic N) is 4. The van der Waals surface area contributed by atoms with E-state index in [0.29, 0.717) is 34.8 Å². The second-order valence-electron chi connectivity index (χ2n) is 8.96. The highest BCUT2D eigenvalue weighted by atomic mass is 16.5. The van der Waals surface area contributed by atoms with Gasteiger partial charge in [-0.1, -0.05) is 24.6 Å². The summed E-state index contributed by atoms with van der Waals surface area (Å²) >= 11 is 0. The number of carbonyl (C=O) groups is 1. The molecule has 1 saturated heterocycles. The van der Waals surface area contributed by atoms with Crippen LogP contribution in [0.3, 0.4) is 0 Å². The Hall–Kier alpha value is -4.24. The number of nitrogens with one attached hydrogen (secondary N) is 1. The van der Waals surface area contributed by atoms with E-state index < -0.39 is 5.91 Å². The van der Waals surface area contributed by atoms with Crippen molar-refractivity contribution in [3.8, 4) is 11.5 Å². The van der Waals surface area contributed by atoms with Crippen LogP contribution in [0, 0.1) is 0 Å². The lowest BCUT2D eigenvalue weighted by Crippen LogP contribution is -2.39. The van der Waals surface area contributed by atoms with Crippen LogP contribution < -0.4 is 20.3 Å². The van der Waals surface area contributed by atoms with Crippen molar-refractivity contribution in [3.05, 3.63) is 88.5 Å². The third kappa shape index (κ3) is 5.03. The molecule has 5 rings (SSSR count). The van der Waals surface area contributed by atoms with Crippen LogP contribution in [0.5, 0.6) is 11.5 Å². The van der Waals surface area contributed by atoms with Crippen molar-refractivity contribution in [1.82, 2.24) is 19.4 Å². The van der Waals surface area contributed by atoms with Gasteiger partial charge in [0.1, 0.15) is 0 Å². The van der Waals surface area contributed by atoms with Gasteiger partial charge in [0.15, 0.2) is 17.3 Å². The fraction of sp³-hybridized carbons (Fsp3) is 0.286. The number of anilines is 1. The van der Waals surface area contributed by atoms with E-state index in [4.69, 9.17) is 9.47 Å². The SMILES string of the molecule is COc1ccc(C(=O)Nc2nc3ccccc3n(CN3CCCCC3c3cccnc3)c2=O)cc1OC. The standard InChI is InChI=1S/C28H29N5O4/c1-36-24-13-12-19(16-25(24)37-2)27(34)31-26-28(35)33(23-11-4-3-9-21(23)30-26)18-32-15-6-5-10-22(32)20-8-7-14-29-17-20/h3-4,7-9,11-14,16-17,22H,5-6,10,15,18H2,1-2H3,(H,30,31,34). The Morgan fingerprint density at radius 2 is 1.89 bits per heavy atom. The van der Waals surface area contributed by atoms with Crippen molar-refractivity contribution in [1.29, 1.82) is 0 Å². The predicted octanol–water partition coefficient (Wildman–Crippen LogP) is 4.25. The molecule has 0 spiro atoms. The number of hydrogen-bond acceptors (Lipinski definition) is 7. The Balaban J connectivity index is 1.50. The Bertz CT molecular complexity index is 1470. The summed E-state index contributed by atoms with van der Waals surface area (Å²) in [5.74, 6) is 0.451. The van der Waals surface area contributed by atoms with Crippen LogP contribution in [0.4, 0.5) is 5.82 Å². The molecule has 9 heteroatoms. The van der Waals surface area contributed by atoms with Gasteiger partial charge in [-0.3, -0.25) is 24.0 Å². The summed E-state index contributed by atoms with van der Waals surface area (Å²) < 4.78 is 12.3. The number of methoxy groups -OCH3 is 2. The number of para-hydroxylation sites is 2. The Labute approximate surface area is 214 Å². The molecule has 1 N–H and O–H groups in total. The molecule has 3 heterocycles. The second-order valence-corrected chi connectivity index (χ2v) is 8.96. The molecule has 190 valence electrons. The molecule has 9 nitrogen and oxygen atoms in total. The van der Waals surface area contributed by atoms with Crippen molar-refractivity contribution < 1.29 is 14.3 Å². The summed E-state index contributed by atoms with van der Waals surface area (Å²) in [4.78, 5) is 37.9. The summed E-state index contributed by atoms with van der Waals surface area (Å²) in [7, 11) is 3.03. The summed E-state index contributed by atoms with van der Waals surface area (Å²) in [6.07, 6.45) is 6.83. The van der Waals surface area contributed by atoms with Crippen molar-refractivity contribution >= 4 is 22.8 Å². The van der Waals surface area contributed by atoms with Crippen molar-refractivity contribution in [2.75, 3.05) is 26.1 Å². The topological polar surface area (TPSA) is 98.6 Å². The number of rotatable bonds is 7. The highest BCUT2D eigenvalue weighted by Crippen LogP contribution is 2.31. The first-order valence-corrected chi connectivity index (χ1v) is 12.3. The fourth-order valence-corrected chi connectivity index (χ4v) is 4.86. The van der Waals surface area contributed by atoms with Gasteiger partial charge in [0.05, 0.1) is 31.9 Å². The minimum atomic E-state index is -0.460. The molecule has 2 aromatic heterocycles. The van der Waals surface area contributed by atoms with Crippen molar-refractivity contribution in [2.45, 2.75) is 32.0 Å². The first-order chi connectivity index (χ1) is 18.1. The smallest absolute Gasteiger partial charge is 0.295 e. The van der Waals surface area contributed by atoms with E-state index in [1.807, 2.05) is 36.5 Å². The van der Waals surface area contributed by atoms with Crippen LogP contribution in [0.1, 0.15) is 41.2 Å². The van der Waals surface area contributed by atoms with E-state index in [-0.39, 0.29) is 17.4 Å². The van der Waals surface area contributed by atoms with E-state index in [1.54, 1.807) is 29.0 Å². The van der Waals surface area contributed by atoms with E-state index in [9.17, 15) is 9.59 Å². The third-order valence-electron chi connectivity index (χ3n) is 6.74. The normalized spacial score (nSPS) is 15.9. The zero-order valence-corrected chi connectivity index (χ0v) is 20.9. The molecule has 1 aliphatic rings. The molecule has 0 saturated carbocycles. The van der Waals surface area contributed by atoms with Crippen LogP contribution in [0.2, 0.25) is 0 Å². The monoisotopic (exact) mass is 499 g/mol. The van der Waals surface area contributed by atoms with Gasteiger partial charge in [-0.05, 0) is 54.8 Å². The lowest BCUT2D eigenvalue weighted by molar-refractivity contribution is 0.102. The van der Waals surface area contributed by atoms with E-state index in [2.05, 4.69) is 26.3 Å². The lowest BCUT2D eigenvalue weighted by atomic mass is 9.97. The average molecular weight is 500 g/mol. The van der Waals surface area contributed by atoms with Gasteiger partial charge in [-0.25, -0.2) is 4.98 Å². The van der Waals surface area contributed by atoms with Crippen molar-refractivity contribution in [3.63, 3.8) is 0 Å². The van der Waals surface area contributed by atoms with Crippen LogP contribution in [0.25, 0.3) is 11.0 Å². The number of amides is 1. The third-order valence-corrected chi connectivity index (χ3v) is 6.74. The second kappa shape index (κ2) is 10.8. The zero-order chi connectivity index (χ0) is 25.8. The summed E-state index contributed by atoms with van der Waals surface area (Å²) in [5.41, 5.74) is 2.44. The number of likely N-dealkylation sites (tertiary alicyclic amines) is 1. The Morgan fingerprint density at radius 1 is 1.05 bits per heavy atom. The number of pyridine rings is 1. The molecule has 0 radical (unpaired) electrons.